The van der Waals surface area contributed by atoms with Gasteiger partial charge in [-0.3, -0.25) is 4.57 Å². The van der Waals surface area contributed by atoms with Gasteiger partial charge < -0.3 is 13.8 Å². The lowest BCUT2D eigenvalue weighted by atomic mass is 10.2. The molecule has 0 aliphatic carbocycles. The van der Waals surface area contributed by atoms with Crippen LogP contribution < -0.4 is 0 Å². The van der Waals surface area contributed by atoms with E-state index in [1.54, 1.807) is 20.8 Å². The minimum atomic E-state index is -3.96. The summed E-state index contributed by atoms with van der Waals surface area (Å²) in [6.45, 7) is 3.88. The summed E-state index contributed by atoms with van der Waals surface area (Å²) in [5.74, 6) is -1.05. The van der Waals surface area contributed by atoms with Gasteiger partial charge >= 0.3 is 13.6 Å². The molecule has 0 radical (unpaired) electrons. The fraction of sp³-hybridized carbons (Fsp3) is 0.667. The Kier molecular flexibility index (Phi) is 3.57. The largest absolute Gasteiger partial charge is 0.456 e. The molecule has 0 bridgehead atoms. The van der Waals surface area contributed by atoms with Crippen molar-refractivity contribution in [1.82, 2.24) is 0 Å². The molecule has 0 aromatic carbocycles. The molecule has 0 N–H and O–H groups in total. The maximum absolute atomic E-state index is 12.0. The molecule has 15 heavy (non-hydrogen) atoms. The molecule has 0 fully saturated rings. The average molecular weight is 238 g/mol. The van der Waals surface area contributed by atoms with E-state index in [0.717, 1.165) is 14.2 Å². The number of rotatable bonds is 4. The fourth-order valence-corrected chi connectivity index (χ4v) is 1.48. The van der Waals surface area contributed by atoms with E-state index in [1.165, 1.54) is 0 Å². The summed E-state index contributed by atoms with van der Waals surface area (Å²) in [5, 5.41) is -0.711. The van der Waals surface area contributed by atoms with E-state index in [-0.39, 0.29) is 0 Å². The van der Waals surface area contributed by atoms with Crippen LogP contribution in [0.1, 0.15) is 23.5 Å². The van der Waals surface area contributed by atoms with Crippen molar-refractivity contribution < 1.29 is 25.9 Å². The van der Waals surface area contributed by atoms with Gasteiger partial charge in [0.15, 0.2) is 0 Å². The van der Waals surface area contributed by atoms with Crippen molar-refractivity contribution in [3.05, 3.63) is 11.8 Å². The Labute approximate surface area is 92.7 Å². The van der Waals surface area contributed by atoms with E-state index in [4.69, 9.17) is 7.48 Å². The summed E-state index contributed by atoms with van der Waals surface area (Å²) in [7, 11) is -1.83. The second kappa shape index (κ2) is 4.92. The van der Waals surface area contributed by atoms with Crippen molar-refractivity contribution in [2.75, 3.05) is 14.2 Å². The summed E-state index contributed by atoms with van der Waals surface area (Å²) < 4.78 is 40.4. The molecule has 88 valence electrons. The highest BCUT2D eigenvalue weighted by Gasteiger charge is 2.34. The number of esters is 1. The minimum Gasteiger partial charge on any atom is -0.456 e. The highest BCUT2D eigenvalue weighted by atomic mass is 31.2. The van der Waals surface area contributed by atoms with Crippen LogP contribution in [-0.4, -0.2) is 25.8 Å². The third-order valence-electron chi connectivity index (χ3n) is 1.35. The van der Waals surface area contributed by atoms with Crippen molar-refractivity contribution in [1.29, 1.82) is 0 Å². The Bertz CT molecular complexity index is 360. The molecule has 0 aliphatic rings. The predicted molar refractivity (Wildman–Crippen MR) is 56.6 cm³/mol. The molecule has 0 unspecified atom stereocenters. The molecule has 6 heteroatoms. The molecule has 0 aromatic heterocycles. The Balaban J connectivity index is 5.38. The van der Waals surface area contributed by atoms with Gasteiger partial charge in [-0.2, -0.15) is 0 Å². The predicted octanol–water partition coefficient (Wildman–Crippen LogP) is 2.33. The third-order valence-corrected chi connectivity index (χ3v) is 3.04. The summed E-state index contributed by atoms with van der Waals surface area (Å²) in [6, 6.07) is 0. The molecule has 0 aliphatic heterocycles. The van der Waals surface area contributed by atoms with Gasteiger partial charge in [-0.25, -0.2) is 4.79 Å². The van der Waals surface area contributed by atoms with Crippen LogP contribution in [0.3, 0.4) is 0 Å². The molecule has 0 saturated heterocycles. The van der Waals surface area contributed by atoms with E-state index < -0.39 is 31.0 Å². The average Bonchev–Trinajstić information content (AvgIpc) is 2.14. The van der Waals surface area contributed by atoms with Gasteiger partial charge in [0.25, 0.3) is 0 Å². The molecule has 0 rings (SSSR count). The maximum atomic E-state index is 12.0. The van der Waals surface area contributed by atoms with Crippen LogP contribution in [0.15, 0.2) is 11.8 Å². The van der Waals surface area contributed by atoms with Crippen molar-refractivity contribution in [2.24, 2.45) is 0 Å². The van der Waals surface area contributed by atoms with Gasteiger partial charge in [0, 0.05) is 14.2 Å². The lowest BCUT2D eigenvalue weighted by molar-refractivity contribution is -0.149. The second-order valence-electron chi connectivity index (χ2n) is 3.71. The summed E-state index contributed by atoms with van der Waals surface area (Å²) in [6.07, 6.45) is 0. The number of carbonyl (C=O) groups is 1. The maximum Gasteiger partial charge on any atom is 0.367 e. The molecule has 0 heterocycles. The van der Waals surface area contributed by atoms with Crippen molar-refractivity contribution in [2.45, 2.75) is 26.4 Å². The number of hydrogen-bond donors (Lipinski definition) is 0. The first-order valence-corrected chi connectivity index (χ1v) is 5.74. The molecule has 0 saturated carbocycles. The second-order valence-corrected chi connectivity index (χ2v) is 5.89. The zero-order valence-corrected chi connectivity index (χ0v) is 10.4. The van der Waals surface area contributed by atoms with Crippen LogP contribution in [0.2, 0.25) is 0 Å². The molecule has 0 spiro atoms. The first-order valence-electron chi connectivity index (χ1n) is 5.20. The fourth-order valence-electron chi connectivity index (χ4n) is 0.695. The Hall–Kier alpha value is -0.640. The van der Waals surface area contributed by atoms with Gasteiger partial charge in [0.05, 0.1) is 2.74 Å². The molecular formula is C9H17O5P. The van der Waals surface area contributed by atoms with Crippen LogP contribution in [-0.2, 0) is 23.1 Å². The van der Waals surface area contributed by atoms with Gasteiger partial charge in [-0.05, 0) is 20.8 Å². The first-order chi connectivity index (χ1) is 7.57. The zero-order valence-electron chi connectivity index (χ0n) is 11.5. The topological polar surface area (TPSA) is 61.8 Å². The SMILES string of the molecule is [2H]C([2H])=C(C(=O)OC(C)(C)C)P(=O)(OC)OC. The third kappa shape index (κ3) is 4.16. The quantitative estimate of drug-likeness (QED) is 0.427. The van der Waals surface area contributed by atoms with E-state index in [1.807, 2.05) is 0 Å². The van der Waals surface area contributed by atoms with E-state index in [2.05, 4.69) is 9.05 Å². The van der Waals surface area contributed by atoms with Crippen LogP contribution in [0.4, 0.5) is 0 Å². The van der Waals surface area contributed by atoms with Crippen molar-refractivity contribution >= 4 is 13.6 Å². The summed E-state index contributed by atoms with van der Waals surface area (Å²) in [4.78, 5) is 11.7. The van der Waals surface area contributed by atoms with E-state index in [0.29, 0.717) is 0 Å². The van der Waals surface area contributed by atoms with Crippen LogP contribution in [0.5, 0.6) is 0 Å². The molecule has 5 nitrogen and oxygen atoms in total. The van der Waals surface area contributed by atoms with Gasteiger partial charge in [0.1, 0.15) is 10.9 Å². The number of hydrogen-bond acceptors (Lipinski definition) is 5. The Morgan fingerprint density at radius 3 is 2.07 bits per heavy atom. The lowest BCUT2D eigenvalue weighted by Gasteiger charge is -2.22. The Morgan fingerprint density at radius 1 is 1.33 bits per heavy atom. The van der Waals surface area contributed by atoms with E-state index >= 15 is 0 Å². The highest BCUT2D eigenvalue weighted by molar-refractivity contribution is 7.59. The van der Waals surface area contributed by atoms with Crippen molar-refractivity contribution in [3.63, 3.8) is 0 Å². The summed E-state index contributed by atoms with van der Waals surface area (Å²) >= 11 is 0. The number of carbonyl (C=O) groups excluding carboxylic acids is 1. The molecule has 0 aromatic rings. The van der Waals surface area contributed by atoms with Gasteiger partial charge in [-0.1, -0.05) is 6.53 Å². The molecular weight excluding hydrogens is 219 g/mol. The van der Waals surface area contributed by atoms with Crippen LogP contribution >= 0.6 is 7.60 Å². The normalized spacial score (nSPS) is 13.9. The highest BCUT2D eigenvalue weighted by Crippen LogP contribution is 2.54. The van der Waals surface area contributed by atoms with Gasteiger partial charge in [0.2, 0.25) is 0 Å². The minimum absolute atomic E-state index is 0.711. The summed E-state index contributed by atoms with van der Waals surface area (Å²) in [5.41, 5.74) is -0.829. The molecule has 0 atom stereocenters. The first kappa shape index (κ1) is 10.9. The van der Waals surface area contributed by atoms with E-state index in [9.17, 15) is 9.36 Å². The lowest BCUT2D eigenvalue weighted by Crippen LogP contribution is -2.24. The van der Waals surface area contributed by atoms with Crippen molar-refractivity contribution in [3.8, 4) is 0 Å². The molecule has 0 amide bonds. The Morgan fingerprint density at radius 2 is 1.80 bits per heavy atom. The monoisotopic (exact) mass is 238 g/mol. The van der Waals surface area contributed by atoms with Crippen LogP contribution in [0, 0.1) is 0 Å². The smallest absolute Gasteiger partial charge is 0.367 e. The standard InChI is InChI=1S/C9H17O5P/c1-7(15(11,12-5)13-6)8(10)14-9(2,3)4/h1H2,2-6H3/i1D2. The van der Waals surface area contributed by atoms with Gasteiger partial charge in [-0.15, -0.1) is 0 Å². The van der Waals surface area contributed by atoms with Crippen LogP contribution in [0.25, 0.3) is 0 Å². The number of ether oxygens (including phenoxy) is 1. The zero-order chi connectivity index (χ0) is 13.9.